The molecule has 0 radical (unpaired) electrons. The van der Waals surface area contributed by atoms with Gasteiger partial charge in [-0.3, -0.25) is 4.79 Å². The summed E-state index contributed by atoms with van der Waals surface area (Å²) < 4.78 is 37.2. The number of amides is 1. The minimum Gasteiger partial charge on any atom is -0.301 e. The van der Waals surface area contributed by atoms with Gasteiger partial charge in [0, 0.05) is 17.5 Å². The van der Waals surface area contributed by atoms with E-state index in [4.69, 9.17) is 0 Å². The molecule has 2 rings (SSSR count). The summed E-state index contributed by atoms with van der Waals surface area (Å²) in [7, 11) is -3.43. The lowest BCUT2D eigenvalue weighted by molar-refractivity contribution is -0.113. The third kappa shape index (κ3) is 5.68. The van der Waals surface area contributed by atoms with Gasteiger partial charge in [0.2, 0.25) is 5.91 Å². The first-order valence-electron chi connectivity index (χ1n) is 7.43. The van der Waals surface area contributed by atoms with Gasteiger partial charge in [-0.05, 0) is 17.5 Å². The Morgan fingerprint density at radius 2 is 2.04 bits per heavy atom. The van der Waals surface area contributed by atoms with Crippen molar-refractivity contribution in [3.63, 3.8) is 0 Å². The minimum atomic E-state index is -3.43. The lowest BCUT2D eigenvalue weighted by atomic mass is 10.1. The molecule has 5 nitrogen and oxygen atoms in total. The Labute approximate surface area is 144 Å². The van der Waals surface area contributed by atoms with Gasteiger partial charge in [0.1, 0.15) is 11.6 Å². The van der Waals surface area contributed by atoms with E-state index in [0.29, 0.717) is 17.1 Å². The van der Waals surface area contributed by atoms with E-state index < -0.39 is 21.5 Å². The zero-order chi connectivity index (χ0) is 17.7. The Bertz CT molecular complexity index is 816. The van der Waals surface area contributed by atoms with Gasteiger partial charge in [-0.25, -0.2) is 17.8 Å². The Hall–Kier alpha value is -1.80. The van der Waals surface area contributed by atoms with Crippen LogP contribution in [0.1, 0.15) is 24.3 Å². The molecular weight excluding hydrogens is 351 g/mol. The van der Waals surface area contributed by atoms with Crippen molar-refractivity contribution < 1.29 is 17.6 Å². The van der Waals surface area contributed by atoms with E-state index in [0.717, 1.165) is 4.88 Å². The van der Waals surface area contributed by atoms with E-state index in [9.17, 15) is 17.6 Å². The molecule has 2 aromatic rings. The molecule has 0 saturated heterocycles. The van der Waals surface area contributed by atoms with Crippen molar-refractivity contribution in [1.29, 1.82) is 0 Å². The van der Waals surface area contributed by atoms with Gasteiger partial charge in [-0.1, -0.05) is 32.0 Å². The van der Waals surface area contributed by atoms with Crippen LogP contribution in [0.15, 0.2) is 30.5 Å². The highest BCUT2D eigenvalue weighted by atomic mass is 32.2. The Balaban J connectivity index is 1.96. The smallest absolute Gasteiger partial charge is 0.241 e. The van der Waals surface area contributed by atoms with Crippen LogP contribution < -0.4 is 5.32 Å². The summed E-state index contributed by atoms with van der Waals surface area (Å²) in [6, 6.07) is 6.45. The standard InChI is InChI=1S/C16H19FN2O3S2/c1-11(2)9-24(21,22)10-15(20)19-16-18-8-13(23-16)7-12-5-3-4-6-14(12)17/h3-6,8,11H,7,9-10H2,1-2H3,(H,18,19,20). The first-order chi connectivity index (χ1) is 11.2. The van der Waals surface area contributed by atoms with Gasteiger partial charge in [0.05, 0.1) is 5.75 Å². The highest BCUT2D eigenvalue weighted by Crippen LogP contribution is 2.22. The van der Waals surface area contributed by atoms with Crippen molar-refractivity contribution in [3.8, 4) is 0 Å². The summed E-state index contributed by atoms with van der Waals surface area (Å²) in [6.45, 7) is 3.57. The van der Waals surface area contributed by atoms with Crippen LogP contribution in [0.5, 0.6) is 0 Å². The van der Waals surface area contributed by atoms with Crippen molar-refractivity contribution in [2.45, 2.75) is 20.3 Å². The molecule has 0 saturated carbocycles. The maximum atomic E-state index is 13.6. The fourth-order valence-corrected chi connectivity index (χ4v) is 4.66. The van der Waals surface area contributed by atoms with E-state index >= 15 is 0 Å². The number of hydrogen-bond donors (Lipinski definition) is 1. The number of carbonyl (C=O) groups excluding carboxylic acids is 1. The van der Waals surface area contributed by atoms with Gasteiger partial charge >= 0.3 is 0 Å². The lowest BCUT2D eigenvalue weighted by Gasteiger charge is -2.06. The van der Waals surface area contributed by atoms with Crippen LogP contribution in [0.3, 0.4) is 0 Å². The van der Waals surface area contributed by atoms with Crippen LogP contribution in [0.2, 0.25) is 0 Å². The molecular formula is C16H19FN2O3S2. The van der Waals surface area contributed by atoms with E-state index in [-0.39, 0.29) is 17.5 Å². The normalized spacial score (nSPS) is 11.7. The number of sulfone groups is 1. The molecule has 8 heteroatoms. The molecule has 24 heavy (non-hydrogen) atoms. The minimum absolute atomic E-state index is 0.0309. The molecule has 0 aliphatic rings. The molecule has 1 amide bonds. The third-order valence-corrected chi connectivity index (χ3v) is 5.85. The molecule has 0 bridgehead atoms. The summed E-state index contributed by atoms with van der Waals surface area (Å²) in [5.41, 5.74) is 0.540. The SMILES string of the molecule is CC(C)CS(=O)(=O)CC(=O)Nc1ncc(Cc2ccccc2F)s1. The molecule has 1 heterocycles. The average Bonchev–Trinajstić information content (AvgIpc) is 2.86. The van der Waals surface area contributed by atoms with Crippen molar-refractivity contribution >= 4 is 32.2 Å². The number of carbonyl (C=O) groups is 1. The summed E-state index contributed by atoms with van der Waals surface area (Å²) in [5, 5.41) is 2.80. The van der Waals surface area contributed by atoms with Crippen molar-refractivity contribution in [2.24, 2.45) is 5.92 Å². The lowest BCUT2D eigenvalue weighted by Crippen LogP contribution is -2.26. The molecule has 0 aliphatic carbocycles. The molecule has 0 fully saturated rings. The number of nitrogens with one attached hydrogen (secondary N) is 1. The second kappa shape index (κ2) is 7.85. The van der Waals surface area contributed by atoms with Crippen molar-refractivity contribution in [1.82, 2.24) is 4.98 Å². The predicted molar refractivity (Wildman–Crippen MR) is 93.4 cm³/mol. The van der Waals surface area contributed by atoms with Gasteiger partial charge in [-0.15, -0.1) is 11.3 Å². The maximum Gasteiger partial charge on any atom is 0.241 e. The number of anilines is 1. The number of hydrogen-bond acceptors (Lipinski definition) is 5. The van der Waals surface area contributed by atoms with E-state index in [1.165, 1.54) is 17.4 Å². The molecule has 0 spiro atoms. The number of halogens is 1. The van der Waals surface area contributed by atoms with Crippen molar-refractivity contribution in [2.75, 3.05) is 16.8 Å². The topological polar surface area (TPSA) is 76.1 Å². The number of aromatic nitrogens is 1. The zero-order valence-corrected chi connectivity index (χ0v) is 15.1. The van der Waals surface area contributed by atoms with Crippen molar-refractivity contribution in [3.05, 3.63) is 46.7 Å². The number of thiazole rings is 1. The quantitative estimate of drug-likeness (QED) is 0.813. The third-order valence-electron chi connectivity index (χ3n) is 3.06. The zero-order valence-electron chi connectivity index (χ0n) is 13.5. The van der Waals surface area contributed by atoms with Gasteiger partial charge in [0.25, 0.3) is 0 Å². The van der Waals surface area contributed by atoms with E-state index in [1.807, 2.05) is 0 Å². The van der Waals surface area contributed by atoms with Crippen LogP contribution in [-0.4, -0.2) is 30.8 Å². The number of rotatable bonds is 7. The second-order valence-electron chi connectivity index (χ2n) is 5.90. The molecule has 1 N–H and O–H groups in total. The van der Waals surface area contributed by atoms with Crippen LogP contribution in [0.25, 0.3) is 0 Å². The number of benzene rings is 1. The van der Waals surface area contributed by atoms with Crippen LogP contribution in [0, 0.1) is 11.7 Å². The van der Waals surface area contributed by atoms with Crippen LogP contribution in [-0.2, 0) is 21.1 Å². The average molecular weight is 370 g/mol. The highest BCUT2D eigenvalue weighted by molar-refractivity contribution is 7.92. The molecule has 1 aromatic heterocycles. The molecule has 130 valence electrons. The summed E-state index contributed by atoms with van der Waals surface area (Å²) in [4.78, 5) is 16.7. The fraction of sp³-hybridized carbons (Fsp3) is 0.375. The maximum absolute atomic E-state index is 13.6. The van der Waals surface area contributed by atoms with E-state index in [1.54, 1.807) is 38.2 Å². The number of nitrogens with zero attached hydrogens (tertiary/aromatic N) is 1. The van der Waals surface area contributed by atoms with Gasteiger partial charge < -0.3 is 5.32 Å². The Kier molecular flexibility index (Phi) is 6.06. The predicted octanol–water partition coefficient (Wildman–Crippen LogP) is 2.88. The fourth-order valence-electron chi connectivity index (χ4n) is 2.20. The molecule has 1 aromatic carbocycles. The largest absolute Gasteiger partial charge is 0.301 e. The molecule has 0 unspecified atom stereocenters. The summed E-state index contributed by atoms with van der Waals surface area (Å²) in [6.07, 6.45) is 1.92. The molecule has 0 aliphatic heterocycles. The Morgan fingerprint density at radius 1 is 1.33 bits per heavy atom. The molecule has 0 atom stereocenters. The van der Waals surface area contributed by atoms with E-state index in [2.05, 4.69) is 10.3 Å². The van der Waals surface area contributed by atoms with Crippen LogP contribution >= 0.6 is 11.3 Å². The van der Waals surface area contributed by atoms with Crippen LogP contribution in [0.4, 0.5) is 9.52 Å². The van der Waals surface area contributed by atoms with Gasteiger partial charge in [-0.2, -0.15) is 0 Å². The summed E-state index contributed by atoms with van der Waals surface area (Å²) in [5.74, 6) is -1.53. The first-order valence-corrected chi connectivity index (χ1v) is 10.1. The monoisotopic (exact) mass is 370 g/mol. The Morgan fingerprint density at radius 3 is 2.71 bits per heavy atom. The van der Waals surface area contributed by atoms with Gasteiger partial charge in [0.15, 0.2) is 15.0 Å². The highest BCUT2D eigenvalue weighted by Gasteiger charge is 2.19. The summed E-state index contributed by atoms with van der Waals surface area (Å²) >= 11 is 1.20. The first kappa shape index (κ1) is 18.5. The second-order valence-corrected chi connectivity index (χ2v) is 9.12.